The third-order valence-corrected chi connectivity index (χ3v) is 15.9. The van der Waals surface area contributed by atoms with Crippen LogP contribution in [-0.2, 0) is 0 Å². The lowest BCUT2D eigenvalue weighted by molar-refractivity contribution is 0.125. The maximum absolute atomic E-state index is 10.5. The summed E-state index contributed by atoms with van der Waals surface area (Å²) in [6.07, 6.45) is -0.944. The van der Waals surface area contributed by atoms with Crippen LogP contribution in [0.2, 0.25) is 0 Å². The molecule has 222 valence electrons. The molecule has 0 saturated carbocycles. The van der Waals surface area contributed by atoms with E-state index in [0.29, 0.717) is 33.9 Å². The second-order valence-electron chi connectivity index (χ2n) is 10.2. The van der Waals surface area contributed by atoms with Crippen molar-refractivity contribution in [1.29, 1.82) is 0 Å². The highest BCUT2D eigenvalue weighted by Crippen LogP contribution is 2.36. The molecule has 0 amide bonds. The SMILES string of the molecule is Cc1cc(-c2cc(C)c(OCC(O)CSCC3SCCS3)c(C)c2)cc(C)c1OCC(O)CSCC1SCCS1. The molecule has 40 heavy (non-hydrogen) atoms. The molecule has 2 aliphatic rings. The topological polar surface area (TPSA) is 58.9 Å². The zero-order chi connectivity index (χ0) is 28.5. The molecule has 2 atom stereocenters. The summed E-state index contributed by atoms with van der Waals surface area (Å²) in [7, 11) is 0. The predicted molar refractivity (Wildman–Crippen MR) is 186 cm³/mol. The van der Waals surface area contributed by atoms with E-state index in [4.69, 9.17) is 9.47 Å². The summed E-state index contributed by atoms with van der Waals surface area (Å²) in [5.41, 5.74) is 6.56. The fourth-order valence-electron chi connectivity index (χ4n) is 4.75. The Balaban J connectivity index is 1.28. The number of aliphatic hydroxyl groups excluding tert-OH is 2. The maximum Gasteiger partial charge on any atom is 0.125 e. The van der Waals surface area contributed by atoms with Gasteiger partial charge in [0.05, 0.1) is 21.4 Å². The first kappa shape index (κ1) is 33.0. The highest BCUT2D eigenvalue weighted by Gasteiger charge is 2.19. The quantitative estimate of drug-likeness (QED) is 0.206. The Labute approximate surface area is 266 Å². The fourth-order valence-corrected chi connectivity index (χ4v) is 13.4. The predicted octanol–water partition coefficient (Wildman–Crippen LogP) is 7.15. The molecule has 10 heteroatoms. The summed E-state index contributed by atoms with van der Waals surface area (Å²) >= 11 is 11.8. The van der Waals surface area contributed by atoms with Gasteiger partial charge in [0.1, 0.15) is 24.7 Å². The molecule has 4 rings (SSSR count). The molecule has 4 nitrogen and oxygen atoms in total. The van der Waals surface area contributed by atoms with Gasteiger partial charge in [-0.3, -0.25) is 0 Å². The van der Waals surface area contributed by atoms with Crippen LogP contribution in [0.4, 0.5) is 0 Å². The minimum atomic E-state index is -0.472. The molecule has 2 N–H and O–H groups in total. The smallest absolute Gasteiger partial charge is 0.125 e. The third kappa shape index (κ3) is 10.1. The Morgan fingerprint density at radius 3 is 1.30 bits per heavy atom. The number of aliphatic hydroxyl groups is 2. The van der Waals surface area contributed by atoms with E-state index in [1.54, 1.807) is 0 Å². The van der Waals surface area contributed by atoms with Crippen molar-refractivity contribution >= 4 is 70.6 Å². The molecule has 2 heterocycles. The van der Waals surface area contributed by atoms with Gasteiger partial charge >= 0.3 is 0 Å². The van der Waals surface area contributed by atoms with Crippen LogP contribution in [0.3, 0.4) is 0 Å². The molecular formula is C30H42O4S6. The van der Waals surface area contributed by atoms with Crippen LogP contribution in [0.25, 0.3) is 11.1 Å². The van der Waals surface area contributed by atoms with E-state index < -0.39 is 12.2 Å². The van der Waals surface area contributed by atoms with Gasteiger partial charge in [0.2, 0.25) is 0 Å². The number of rotatable bonds is 15. The van der Waals surface area contributed by atoms with Crippen LogP contribution in [0.15, 0.2) is 24.3 Å². The van der Waals surface area contributed by atoms with Crippen molar-refractivity contribution in [1.82, 2.24) is 0 Å². The van der Waals surface area contributed by atoms with Gasteiger partial charge in [-0.25, -0.2) is 0 Å². The number of hydrogen-bond donors (Lipinski definition) is 2. The van der Waals surface area contributed by atoms with Gasteiger partial charge in [-0.15, -0.1) is 47.0 Å². The number of ether oxygens (including phenoxy) is 2. The summed E-state index contributed by atoms with van der Waals surface area (Å²) in [6, 6.07) is 8.65. The van der Waals surface area contributed by atoms with Crippen molar-refractivity contribution in [3.8, 4) is 22.6 Å². The maximum atomic E-state index is 10.5. The minimum Gasteiger partial charge on any atom is -0.490 e. The molecule has 2 unspecified atom stereocenters. The average Bonchev–Trinajstić information content (AvgIpc) is 3.62. The van der Waals surface area contributed by atoms with E-state index in [1.807, 2.05) is 70.6 Å². The summed E-state index contributed by atoms with van der Waals surface area (Å²) < 4.78 is 13.5. The largest absolute Gasteiger partial charge is 0.490 e. The van der Waals surface area contributed by atoms with Gasteiger partial charge in [-0.05, 0) is 85.3 Å². The lowest BCUT2D eigenvalue weighted by atomic mass is 9.96. The fraction of sp³-hybridized carbons (Fsp3) is 0.600. The third-order valence-electron chi connectivity index (χ3n) is 6.60. The standard InChI is InChI=1S/C30H42O4S6/c1-19-9-23(10-20(2)29(19)33-13-25(31)15-35-17-27-37-5-6-38-27)24-11-21(3)30(22(4)12-24)34-14-26(32)16-36-18-28-39-7-8-40-28/h9-12,25-28,31-32H,5-8,13-18H2,1-4H3. The van der Waals surface area contributed by atoms with Crippen LogP contribution in [0.5, 0.6) is 11.5 Å². The van der Waals surface area contributed by atoms with Gasteiger partial charge in [0.25, 0.3) is 0 Å². The Hall–Kier alpha value is 0.0600. The first-order chi connectivity index (χ1) is 19.3. The van der Waals surface area contributed by atoms with E-state index in [2.05, 4.69) is 52.0 Å². The summed E-state index contributed by atoms with van der Waals surface area (Å²) in [5, 5.41) is 20.9. The highest BCUT2D eigenvalue weighted by molar-refractivity contribution is 8.21. The lowest BCUT2D eigenvalue weighted by Crippen LogP contribution is -2.21. The molecule has 2 aliphatic heterocycles. The monoisotopic (exact) mass is 658 g/mol. The Kier molecular flexibility index (Phi) is 13.8. The molecule has 2 aromatic rings. The van der Waals surface area contributed by atoms with Crippen LogP contribution >= 0.6 is 70.6 Å². The molecule has 2 saturated heterocycles. The summed E-state index contributed by atoms with van der Waals surface area (Å²) in [4.78, 5) is 0. The normalized spacial score (nSPS) is 17.9. The van der Waals surface area contributed by atoms with Crippen molar-refractivity contribution in [2.24, 2.45) is 0 Å². The number of aryl methyl sites for hydroxylation is 4. The highest BCUT2D eigenvalue weighted by atomic mass is 32.2. The molecule has 2 aromatic carbocycles. The molecule has 0 bridgehead atoms. The molecule has 2 fully saturated rings. The van der Waals surface area contributed by atoms with Crippen LogP contribution in [0.1, 0.15) is 22.3 Å². The Morgan fingerprint density at radius 2 is 0.975 bits per heavy atom. The number of hydrogen-bond acceptors (Lipinski definition) is 10. The van der Waals surface area contributed by atoms with Crippen molar-refractivity contribution < 1.29 is 19.7 Å². The zero-order valence-electron chi connectivity index (χ0n) is 23.9. The van der Waals surface area contributed by atoms with Gasteiger partial charge in [0, 0.05) is 46.0 Å². The van der Waals surface area contributed by atoms with E-state index in [1.165, 1.54) is 23.0 Å². The number of benzene rings is 2. The number of thioether (sulfide) groups is 6. The van der Waals surface area contributed by atoms with E-state index in [9.17, 15) is 10.2 Å². The van der Waals surface area contributed by atoms with Crippen molar-refractivity contribution in [2.75, 3.05) is 59.2 Å². The van der Waals surface area contributed by atoms with Crippen LogP contribution < -0.4 is 9.47 Å². The van der Waals surface area contributed by atoms with E-state index in [0.717, 1.165) is 56.4 Å². The molecule has 0 aromatic heterocycles. The van der Waals surface area contributed by atoms with Gasteiger partial charge in [-0.1, -0.05) is 0 Å². The summed E-state index contributed by atoms with van der Waals surface area (Å²) in [6.45, 7) is 8.91. The zero-order valence-corrected chi connectivity index (χ0v) is 28.7. The van der Waals surface area contributed by atoms with Gasteiger partial charge in [-0.2, -0.15) is 23.5 Å². The lowest BCUT2D eigenvalue weighted by Gasteiger charge is -2.19. The average molecular weight is 659 g/mol. The second-order valence-corrected chi connectivity index (χ2v) is 18.2. The second kappa shape index (κ2) is 16.8. The van der Waals surface area contributed by atoms with Crippen LogP contribution in [0, 0.1) is 27.7 Å². The Morgan fingerprint density at radius 1 is 0.650 bits per heavy atom. The first-order valence-corrected chi connectivity index (χ1v) is 20.3. The van der Waals surface area contributed by atoms with E-state index >= 15 is 0 Å². The first-order valence-electron chi connectivity index (χ1n) is 13.8. The Bertz CT molecular complexity index is 956. The minimum absolute atomic E-state index is 0.312. The van der Waals surface area contributed by atoms with Crippen molar-refractivity contribution in [3.63, 3.8) is 0 Å². The molecule has 0 radical (unpaired) electrons. The van der Waals surface area contributed by atoms with Crippen molar-refractivity contribution in [3.05, 3.63) is 46.5 Å². The van der Waals surface area contributed by atoms with E-state index in [-0.39, 0.29) is 0 Å². The molecule has 0 aliphatic carbocycles. The van der Waals surface area contributed by atoms with Gasteiger partial charge in [0.15, 0.2) is 0 Å². The summed E-state index contributed by atoms with van der Waals surface area (Å²) in [5.74, 6) is 10.3. The molecule has 0 spiro atoms. The van der Waals surface area contributed by atoms with Crippen molar-refractivity contribution in [2.45, 2.75) is 49.1 Å². The van der Waals surface area contributed by atoms with Gasteiger partial charge < -0.3 is 19.7 Å². The molecular weight excluding hydrogens is 617 g/mol. The van der Waals surface area contributed by atoms with Crippen LogP contribution in [-0.4, -0.2) is 90.8 Å².